The zero-order valence-electron chi connectivity index (χ0n) is 11.1. The van der Waals surface area contributed by atoms with Crippen molar-refractivity contribution >= 4 is 21.6 Å². The van der Waals surface area contributed by atoms with E-state index in [1.54, 1.807) is 14.2 Å². The van der Waals surface area contributed by atoms with Crippen molar-refractivity contribution in [2.45, 2.75) is 24.5 Å². The molecule has 100 valence electrons. The van der Waals surface area contributed by atoms with Crippen LogP contribution in [-0.2, 0) is 14.8 Å². The molecule has 0 aromatic heterocycles. The Morgan fingerprint density at radius 3 is 2.28 bits per heavy atom. The Bertz CT molecular complexity index is 399. The Balaban J connectivity index is 2.15. The second-order valence-electron chi connectivity index (χ2n) is 4.70. The van der Waals surface area contributed by atoms with Crippen LogP contribution in [0.3, 0.4) is 0 Å². The normalized spacial score (nSPS) is 23.7. The van der Waals surface area contributed by atoms with E-state index in [2.05, 4.69) is 46.0 Å². The minimum atomic E-state index is 0.158. The van der Waals surface area contributed by atoms with E-state index in [0.717, 1.165) is 18.4 Å². The molecule has 1 heterocycles. The molecule has 0 spiro atoms. The third-order valence-electron chi connectivity index (χ3n) is 3.66. The molecule has 1 saturated heterocycles. The second-order valence-corrected chi connectivity index (χ2v) is 5.26. The number of aryl methyl sites for hydroxylation is 1. The van der Waals surface area contributed by atoms with Crippen LogP contribution < -0.4 is 4.90 Å². The molecule has 0 aliphatic carbocycles. The topological polar surface area (TPSA) is 21.7 Å². The van der Waals surface area contributed by atoms with Crippen LogP contribution in [0.25, 0.3) is 0 Å². The van der Waals surface area contributed by atoms with Crippen LogP contribution in [0.4, 0.5) is 5.69 Å². The molecule has 1 aromatic carbocycles. The van der Waals surface area contributed by atoms with Crippen molar-refractivity contribution in [2.24, 2.45) is 0 Å². The molecule has 18 heavy (non-hydrogen) atoms. The van der Waals surface area contributed by atoms with Crippen molar-refractivity contribution in [1.82, 2.24) is 0 Å². The number of anilines is 1. The van der Waals surface area contributed by atoms with Gasteiger partial charge in [-0.1, -0.05) is 22.0 Å². The third kappa shape index (κ3) is 2.71. The third-order valence-corrected chi connectivity index (χ3v) is 4.26. The number of methoxy groups -OCH3 is 2. The molecule has 1 aliphatic heterocycles. The average Bonchev–Trinajstić information content (AvgIpc) is 2.81. The Labute approximate surface area is 117 Å². The number of hydrogen-bond donors (Lipinski definition) is 0. The van der Waals surface area contributed by atoms with Gasteiger partial charge in [-0.25, -0.2) is 0 Å². The van der Waals surface area contributed by atoms with E-state index in [-0.39, 0.29) is 12.2 Å². The monoisotopic (exact) mass is 313 g/mol. The molecule has 0 bridgehead atoms. The van der Waals surface area contributed by atoms with E-state index in [1.165, 1.54) is 16.8 Å². The number of rotatable bonds is 4. The lowest BCUT2D eigenvalue weighted by Crippen LogP contribution is -2.27. The molecule has 3 nitrogen and oxygen atoms in total. The Kier molecular flexibility index (Phi) is 4.65. The minimum absolute atomic E-state index is 0.158. The van der Waals surface area contributed by atoms with Gasteiger partial charge in [-0.2, -0.15) is 0 Å². The maximum Gasteiger partial charge on any atom is 0.102 e. The SMILES string of the molecule is COC1CN(c2ccc(CBr)c(C)c2)CC1OC. The molecule has 1 aromatic rings. The largest absolute Gasteiger partial charge is 0.377 e. The molecular weight excluding hydrogens is 294 g/mol. The predicted octanol–water partition coefficient (Wildman–Crippen LogP) is 2.74. The van der Waals surface area contributed by atoms with Crippen LogP contribution in [0.5, 0.6) is 0 Å². The highest BCUT2D eigenvalue weighted by Gasteiger charge is 2.33. The summed E-state index contributed by atoms with van der Waals surface area (Å²) in [6.07, 6.45) is 0.317. The number of alkyl halides is 1. The van der Waals surface area contributed by atoms with Crippen molar-refractivity contribution < 1.29 is 9.47 Å². The smallest absolute Gasteiger partial charge is 0.102 e. The summed E-state index contributed by atoms with van der Waals surface area (Å²) in [5.74, 6) is 0. The molecule has 4 heteroatoms. The first kappa shape index (κ1) is 13.8. The van der Waals surface area contributed by atoms with Crippen LogP contribution in [-0.4, -0.2) is 39.5 Å². The summed E-state index contributed by atoms with van der Waals surface area (Å²) < 4.78 is 10.9. The predicted molar refractivity (Wildman–Crippen MR) is 77.6 cm³/mol. The van der Waals surface area contributed by atoms with Gasteiger partial charge in [0.25, 0.3) is 0 Å². The quantitative estimate of drug-likeness (QED) is 0.798. The number of benzene rings is 1. The molecule has 0 saturated carbocycles. The van der Waals surface area contributed by atoms with Crippen molar-refractivity contribution in [2.75, 3.05) is 32.2 Å². The summed E-state index contributed by atoms with van der Waals surface area (Å²) in [6.45, 7) is 3.93. The summed E-state index contributed by atoms with van der Waals surface area (Å²) in [4.78, 5) is 2.33. The second kappa shape index (κ2) is 6.04. The first-order valence-electron chi connectivity index (χ1n) is 6.15. The first-order chi connectivity index (χ1) is 8.69. The Hall–Kier alpha value is -0.580. The molecule has 0 amide bonds. The number of halogens is 1. The maximum atomic E-state index is 5.47. The average molecular weight is 314 g/mol. The van der Waals surface area contributed by atoms with Gasteiger partial charge in [-0.05, 0) is 30.2 Å². The van der Waals surface area contributed by atoms with Crippen molar-refractivity contribution in [3.05, 3.63) is 29.3 Å². The van der Waals surface area contributed by atoms with E-state index in [0.29, 0.717) is 0 Å². The van der Waals surface area contributed by atoms with Crippen LogP contribution in [0.2, 0.25) is 0 Å². The van der Waals surface area contributed by atoms with Gasteiger partial charge in [0.15, 0.2) is 0 Å². The van der Waals surface area contributed by atoms with E-state index in [4.69, 9.17) is 9.47 Å². The summed E-state index contributed by atoms with van der Waals surface area (Å²) in [7, 11) is 3.50. The molecule has 1 aliphatic rings. The fourth-order valence-corrected chi connectivity index (χ4v) is 3.06. The molecule has 2 rings (SSSR count). The lowest BCUT2D eigenvalue weighted by molar-refractivity contribution is -0.00461. The first-order valence-corrected chi connectivity index (χ1v) is 7.27. The highest BCUT2D eigenvalue weighted by Crippen LogP contribution is 2.26. The van der Waals surface area contributed by atoms with Gasteiger partial charge >= 0.3 is 0 Å². The van der Waals surface area contributed by atoms with Gasteiger partial charge < -0.3 is 14.4 Å². The van der Waals surface area contributed by atoms with Crippen LogP contribution in [0, 0.1) is 6.92 Å². The zero-order chi connectivity index (χ0) is 13.1. The molecule has 2 unspecified atom stereocenters. The molecule has 0 N–H and O–H groups in total. The molecular formula is C14H20BrNO2. The van der Waals surface area contributed by atoms with Gasteiger partial charge in [0.05, 0.1) is 0 Å². The van der Waals surface area contributed by atoms with Crippen LogP contribution >= 0.6 is 15.9 Å². The van der Waals surface area contributed by atoms with E-state index >= 15 is 0 Å². The fourth-order valence-electron chi connectivity index (χ4n) is 2.43. The molecule has 0 radical (unpaired) electrons. The lowest BCUT2D eigenvalue weighted by Gasteiger charge is -2.19. The van der Waals surface area contributed by atoms with Gasteiger partial charge in [-0.3, -0.25) is 0 Å². The van der Waals surface area contributed by atoms with E-state index in [1.807, 2.05) is 0 Å². The van der Waals surface area contributed by atoms with Crippen LogP contribution in [0.1, 0.15) is 11.1 Å². The van der Waals surface area contributed by atoms with Gasteiger partial charge in [0.1, 0.15) is 12.2 Å². The lowest BCUT2D eigenvalue weighted by atomic mass is 10.1. The summed E-state index contributed by atoms with van der Waals surface area (Å²) in [5, 5.41) is 0.903. The number of ether oxygens (including phenoxy) is 2. The zero-order valence-corrected chi connectivity index (χ0v) is 12.7. The molecule has 2 atom stereocenters. The summed E-state index contributed by atoms with van der Waals surface area (Å²) in [5.41, 5.74) is 3.91. The van der Waals surface area contributed by atoms with Crippen molar-refractivity contribution in [3.63, 3.8) is 0 Å². The standard InChI is InChI=1S/C14H20BrNO2/c1-10-6-12(5-4-11(10)7-15)16-8-13(17-2)14(9-16)18-3/h4-6,13-14H,7-9H2,1-3H3. The fraction of sp³-hybridized carbons (Fsp3) is 0.571. The minimum Gasteiger partial charge on any atom is -0.377 e. The number of nitrogens with zero attached hydrogens (tertiary/aromatic N) is 1. The van der Waals surface area contributed by atoms with Gasteiger partial charge in [0, 0.05) is 38.3 Å². The van der Waals surface area contributed by atoms with Crippen molar-refractivity contribution in [1.29, 1.82) is 0 Å². The van der Waals surface area contributed by atoms with Crippen molar-refractivity contribution in [3.8, 4) is 0 Å². The Morgan fingerprint density at radius 2 is 1.83 bits per heavy atom. The van der Waals surface area contributed by atoms with E-state index in [9.17, 15) is 0 Å². The Morgan fingerprint density at radius 1 is 1.22 bits per heavy atom. The molecule has 1 fully saturated rings. The highest BCUT2D eigenvalue weighted by atomic mass is 79.9. The maximum absolute atomic E-state index is 5.47. The summed E-state index contributed by atoms with van der Waals surface area (Å²) >= 11 is 3.50. The highest BCUT2D eigenvalue weighted by molar-refractivity contribution is 9.08. The van der Waals surface area contributed by atoms with E-state index < -0.39 is 0 Å². The van der Waals surface area contributed by atoms with Gasteiger partial charge in [0.2, 0.25) is 0 Å². The number of hydrogen-bond acceptors (Lipinski definition) is 3. The van der Waals surface area contributed by atoms with Gasteiger partial charge in [-0.15, -0.1) is 0 Å². The van der Waals surface area contributed by atoms with Crippen LogP contribution in [0.15, 0.2) is 18.2 Å². The summed E-state index contributed by atoms with van der Waals surface area (Å²) in [6, 6.07) is 6.59.